The fourth-order valence-electron chi connectivity index (χ4n) is 3.44. The van der Waals surface area contributed by atoms with Gasteiger partial charge in [-0.3, -0.25) is 4.90 Å². The van der Waals surface area contributed by atoms with Gasteiger partial charge in [0.2, 0.25) is 0 Å². The van der Waals surface area contributed by atoms with Crippen LogP contribution in [-0.4, -0.2) is 57.9 Å². The maximum Gasteiger partial charge on any atom is 0.162 e. The SMILES string of the molecule is CCNc1ccc(OCCCN2CCN(c3ccccc3)CC2)c(OC)c1. The summed E-state index contributed by atoms with van der Waals surface area (Å²) in [6, 6.07) is 16.7. The molecule has 1 fully saturated rings. The summed E-state index contributed by atoms with van der Waals surface area (Å²) < 4.78 is 11.4. The van der Waals surface area contributed by atoms with Gasteiger partial charge in [-0.15, -0.1) is 0 Å². The first-order valence-corrected chi connectivity index (χ1v) is 9.87. The zero-order valence-corrected chi connectivity index (χ0v) is 16.5. The van der Waals surface area contributed by atoms with Crippen molar-refractivity contribution in [3.8, 4) is 11.5 Å². The van der Waals surface area contributed by atoms with Gasteiger partial charge in [-0.05, 0) is 37.6 Å². The topological polar surface area (TPSA) is 37.0 Å². The highest BCUT2D eigenvalue weighted by Crippen LogP contribution is 2.30. The third kappa shape index (κ3) is 5.54. The predicted octanol–water partition coefficient (Wildman–Crippen LogP) is 3.72. The number of nitrogens with zero attached hydrogens (tertiary/aromatic N) is 2. The molecule has 0 aliphatic carbocycles. The number of hydrogen-bond donors (Lipinski definition) is 1. The smallest absolute Gasteiger partial charge is 0.162 e. The van der Waals surface area contributed by atoms with Crippen LogP contribution in [0, 0.1) is 0 Å². The zero-order chi connectivity index (χ0) is 18.9. The number of anilines is 2. The standard InChI is InChI=1S/C22H31N3O2/c1-3-23-19-10-11-21(22(18-19)26-2)27-17-7-12-24-13-15-25(16-14-24)20-8-5-4-6-9-20/h4-6,8-11,18,23H,3,7,12-17H2,1-2H3. The van der Waals surface area contributed by atoms with Gasteiger partial charge < -0.3 is 19.7 Å². The first-order chi connectivity index (χ1) is 13.3. The molecule has 1 heterocycles. The van der Waals surface area contributed by atoms with E-state index < -0.39 is 0 Å². The minimum absolute atomic E-state index is 0.704. The molecular formula is C22H31N3O2. The number of benzene rings is 2. The molecule has 146 valence electrons. The monoisotopic (exact) mass is 369 g/mol. The summed E-state index contributed by atoms with van der Waals surface area (Å²) in [4.78, 5) is 4.98. The van der Waals surface area contributed by atoms with Crippen LogP contribution in [0.1, 0.15) is 13.3 Å². The Labute approximate surface area is 162 Å². The summed E-state index contributed by atoms with van der Waals surface area (Å²) >= 11 is 0. The van der Waals surface area contributed by atoms with Crippen LogP contribution in [0.4, 0.5) is 11.4 Å². The minimum atomic E-state index is 0.704. The van der Waals surface area contributed by atoms with Gasteiger partial charge in [0, 0.05) is 56.7 Å². The number of ether oxygens (including phenoxy) is 2. The van der Waals surface area contributed by atoms with E-state index >= 15 is 0 Å². The molecule has 5 heteroatoms. The van der Waals surface area contributed by atoms with E-state index in [-0.39, 0.29) is 0 Å². The van der Waals surface area contributed by atoms with Gasteiger partial charge >= 0.3 is 0 Å². The average Bonchev–Trinajstić information content (AvgIpc) is 2.73. The van der Waals surface area contributed by atoms with E-state index in [9.17, 15) is 0 Å². The van der Waals surface area contributed by atoms with Gasteiger partial charge in [-0.25, -0.2) is 0 Å². The van der Waals surface area contributed by atoms with E-state index in [0.717, 1.165) is 62.9 Å². The summed E-state index contributed by atoms with van der Waals surface area (Å²) in [5.41, 5.74) is 2.38. The second kappa shape index (κ2) is 10.1. The number of piperazine rings is 1. The molecule has 27 heavy (non-hydrogen) atoms. The van der Waals surface area contributed by atoms with E-state index in [0.29, 0.717) is 6.61 Å². The molecule has 0 aromatic heterocycles. The summed E-state index contributed by atoms with van der Waals surface area (Å²) in [6.45, 7) is 9.13. The van der Waals surface area contributed by atoms with Crippen LogP contribution in [-0.2, 0) is 0 Å². The molecule has 0 bridgehead atoms. The van der Waals surface area contributed by atoms with Crippen molar-refractivity contribution in [2.75, 3.05) is 63.2 Å². The number of rotatable bonds is 9. The van der Waals surface area contributed by atoms with E-state index in [4.69, 9.17) is 9.47 Å². The van der Waals surface area contributed by atoms with Crippen molar-refractivity contribution in [3.63, 3.8) is 0 Å². The molecule has 0 saturated carbocycles. The average molecular weight is 370 g/mol. The lowest BCUT2D eigenvalue weighted by molar-refractivity contribution is 0.221. The third-order valence-corrected chi connectivity index (χ3v) is 4.91. The molecule has 0 atom stereocenters. The van der Waals surface area contributed by atoms with Crippen LogP contribution < -0.4 is 19.7 Å². The van der Waals surface area contributed by atoms with Crippen molar-refractivity contribution in [2.24, 2.45) is 0 Å². The van der Waals surface area contributed by atoms with Gasteiger partial charge in [-0.2, -0.15) is 0 Å². The molecule has 2 aromatic rings. The van der Waals surface area contributed by atoms with Crippen LogP contribution >= 0.6 is 0 Å². The van der Waals surface area contributed by atoms with Crippen LogP contribution in [0.25, 0.3) is 0 Å². The van der Waals surface area contributed by atoms with Gasteiger partial charge in [-0.1, -0.05) is 18.2 Å². The summed E-state index contributed by atoms with van der Waals surface area (Å²) in [6.07, 6.45) is 1.02. The van der Waals surface area contributed by atoms with Crippen molar-refractivity contribution < 1.29 is 9.47 Å². The zero-order valence-electron chi connectivity index (χ0n) is 16.5. The molecule has 1 aliphatic rings. The Kier molecular flexibility index (Phi) is 7.22. The predicted molar refractivity (Wildman–Crippen MR) is 112 cm³/mol. The third-order valence-electron chi connectivity index (χ3n) is 4.91. The van der Waals surface area contributed by atoms with Crippen LogP contribution in [0.2, 0.25) is 0 Å². The Morgan fingerprint density at radius 3 is 2.44 bits per heavy atom. The lowest BCUT2D eigenvalue weighted by Crippen LogP contribution is -2.46. The highest BCUT2D eigenvalue weighted by Gasteiger charge is 2.16. The molecule has 5 nitrogen and oxygen atoms in total. The molecule has 0 spiro atoms. The molecule has 1 saturated heterocycles. The maximum absolute atomic E-state index is 5.95. The fourth-order valence-corrected chi connectivity index (χ4v) is 3.44. The summed E-state index contributed by atoms with van der Waals surface area (Å²) in [7, 11) is 1.68. The van der Waals surface area contributed by atoms with Crippen molar-refractivity contribution >= 4 is 11.4 Å². The van der Waals surface area contributed by atoms with E-state index in [2.05, 4.69) is 52.4 Å². The van der Waals surface area contributed by atoms with Crippen molar-refractivity contribution in [1.82, 2.24) is 4.90 Å². The highest BCUT2D eigenvalue weighted by atomic mass is 16.5. The fraction of sp³-hybridized carbons (Fsp3) is 0.455. The number of methoxy groups -OCH3 is 1. The van der Waals surface area contributed by atoms with Gasteiger partial charge in [0.1, 0.15) is 0 Å². The number of hydrogen-bond acceptors (Lipinski definition) is 5. The molecule has 2 aromatic carbocycles. The Bertz CT molecular complexity index is 685. The maximum atomic E-state index is 5.95. The van der Waals surface area contributed by atoms with Crippen LogP contribution in [0.5, 0.6) is 11.5 Å². The second-order valence-electron chi connectivity index (χ2n) is 6.76. The van der Waals surface area contributed by atoms with E-state index in [1.165, 1.54) is 5.69 Å². The van der Waals surface area contributed by atoms with Crippen LogP contribution in [0.3, 0.4) is 0 Å². The summed E-state index contributed by atoms with van der Waals surface area (Å²) in [5, 5.41) is 3.29. The minimum Gasteiger partial charge on any atom is -0.493 e. The largest absolute Gasteiger partial charge is 0.493 e. The Hall–Kier alpha value is -2.40. The molecule has 3 rings (SSSR count). The van der Waals surface area contributed by atoms with E-state index in [1.54, 1.807) is 7.11 Å². The van der Waals surface area contributed by atoms with Crippen molar-refractivity contribution in [2.45, 2.75) is 13.3 Å². The van der Waals surface area contributed by atoms with Crippen molar-refractivity contribution in [3.05, 3.63) is 48.5 Å². The molecule has 1 aliphatic heterocycles. The normalized spacial score (nSPS) is 14.8. The molecule has 0 radical (unpaired) electrons. The lowest BCUT2D eigenvalue weighted by Gasteiger charge is -2.36. The Morgan fingerprint density at radius 1 is 0.963 bits per heavy atom. The first-order valence-electron chi connectivity index (χ1n) is 9.87. The first kappa shape index (κ1) is 19.4. The number of para-hydroxylation sites is 1. The van der Waals surface area contributed by atoms with Crippen LogP contribution in [0.15, 0.2) is 48.5 Å². The Balaban J connectivity index is 1.38. The molecule has 0 amide bonds. The molecule has 1 N–H and O–H groups in total. The van der Waals surface area contributed by atoms with Gasteiger partial charge in [0.05, 0.1) is 13.7 Å². The lowest BCUT2D eigenvalue weighted by atomic mass is 10.2. The van der Waals surface area contributed by atoms with Crippen molar-refractivity contribution in [1.29, 1.82) is 0 Å². The van der Waals surface area contributed by atoms with Gasteiger partial charge in [0.15, 0.2) is 11.5 Å². The molecular weight excluding hydrogens is 338 g/mol. The Morgan fingerprint density at radius 2 is 1.74 bits per heavy atom. The van der Waals surface area contributed by atoms with E-state index in [1.807, 2.05) is 18.2 Å². The molecule has 0 unspecified atom stereocenters. The second-order valence-corrected chi connectivity index (χ2v) is 6.76. The number of nitrogens with one attached hydrogen (secondary N) is 1. The highest BCUT2D eigenvalue weighted by molar-refractivity contribution is 5.54. The summed E-state index contributed by atoms with van der Waals surface area (Å²) in [5.74, 6) is 1.60. The quantitative estimate of drug-likeness (QED) is 0.682. The van der Waals surface area contributed by atoms with Gasteiger partial charge in [0.25, 0.3) is 0 Å².